The zero-order chi connectivity index (χ0) is 17.4. The molecular weight excluding hydrogens is 312 g/mol. The average molecular weight is 336 g/mol. The fraction of sp³-hybridized carbons (Fsp3) is 0.381. The Morgan fingerprint density at radius 1 is 1.12 bits per heavy atom. The van der Waals surface area contributed by atoms with Gasteiger partial charge in [0.2, 0.25) is 5.91 Å². The van der Waals surface area contributed by atoms with Crippen molar-refractivity contribution in [2.24, 2.45) is 0 Å². The molecule has 3 unspecified atom stereocenters. The second-order valence-electron chi connectivity index (χ2n) is 7.12. The van der Waals surface area contributed by atoms with Crippen LogP contribution in [0.25, 0.3) is 0 Å². The van der Waals surface area contributed by atoms with Crippen LogP contribution < -0.4 is 5.32 Å². The molecule has 1 aliphatic heterocycles. The van der Waals surface area contributed by atoms with Gasteiger partial charge in [-0.15, -0.1) is 0 Å². The largest absolute Gasteiger partial charge is 0.390 e. The summed E-state index contributed by atoms with van der Waals surface area (Å²) in [5, 5.41) is 13.4. The number of aliphatic hydroxyl groups is 1. The summed E-state index contributed by atoms with van der Waals surface area (Å²) >= 11 is 0. The molecule has 0 spiro atoms. The van der Waals surface area contributed by atoms with Gasteiger partial charge in [-0.05, 0) is 35.6 Å². The fourth-order valence-electron chi connectivity index (χ4n) is 4.04. The molecular formula is C21H24N2O2. The minimum Gasteiger partial charge on any atom is -0.390 e. The number of hydrogen-bond donors (Lipinski definition) is 2. The molecule has 4 rings (SSSR count). The van der Waals surface area contributed by atoms with Gasteiger partial charge in [-0.1, -0.05) is 48.5 Å². The summed E-state index contributed by atoms with van der Waals surface area (Å²) in [5.41, 5.74) is 4.85. The van der Waals surface area contributed by atoms with Crippen molar-refractivity contribution in [3.63, 3.8) is 0 Å². The highest BCUT2D eigenvalue weighted by Gasteiger charge is 2.34. The molecule has 2 aliphatic rings. The Morgan fingerprint density at radius 2 is 1.80 bits per heavy atom. The standard InChI is InChI=1S/C21H24N2O2/c1-14(23-11-10-15-6-2-3-8-17(15)13-23)21(25)22-20-18-9-5-4-7-16(18)12-19(20)24/h2-9,14,19-20,24H,10-13H2,1H3,(H,22,25). The predicted octanol–water partition coefficient (Wildman–Crippen LogP) is 2.21. The summed E-state index contributed by atoms with van der Waals surface area (Å²) in [7, 11) is 0. The second kappa shape index (κ2) is 6.62. The maximum absolute atomic E-state index is 12.8. The Kier molecular flexibility index (Phi) is 4.32. The molecule has 3 atom stereocenters. The van der Waals surface area contributed by atoms with E-state index in [4.69, 9.17) is 0 Å². The lowest BCUT2D eigenvalue weighted by Gasteiger charge is -2.33. The van der Waals surface area contributed by atoms with E-state index in [1.807, 2.05) is 31.2 Å². The maximum atomic E-state index is 12.8. The number of benzene rings is 2. The minimum atomic E-state index is -0.546. The van der Waals surface area contributed by atoms with Crippen LogP contribution in [0.3, 0.4) is 0 Å². The van der Waals surface area contributed by atoms with Crippen LogP contribution in [0, 0.1) is 0 Å². The number of nitrogens with one attached hydrogen (secondary N) is 1. The molecule has 4 heteroatoms. The summed E-state index contributed by atoms with van der Waals surface area (Å²) in [6, 6.07) is 15.9. The Balaban J connectivity index is 1.45. The van der Waals surface area contributed by atoms with E-state index >= 15 is 0 Å². The average Bonchev–Trinajstić information content (AvgIpc) is 2.96. The second-order valence-corrected chi connectivity index (χ2v) is 7.12. The first-order valence-corrected chi connectivity index (χ1v) is 9.00. The molecule has 0 aromatic heterocycles. The third-order valence-corrected chi connectivity index (χ3v) is 5.59. The van der Waals surface area contributed by atoms with Crippen molar-refractivity contribution in [2.75, 3.05) is 6.54 Å². The molecule has 0 radical (unpaired) electrons. The van der Waals surface area contributed by atoms with Gasteiger partial charge in [-0.3, -0.25) is 9.69 Å². The molecule has 1 amide bonds. The molecule has 130 valence electrons. The van der Waals surface area contributed by atoms with Gasteiger partial charge >= 0.3 is 0 Å². The van der Waals surface area contributed by atoms with Gasteiger partial charge in [0, 0.05) is 19.5 Å². The quantitative estimate of drug-likeness (QED) is 0.904. The van der Waals surface area contributed by atoms with Gasteiger partial charge in [-0.25, -0.2) is 0 Å². The third-order valence-electron chi connectivity index (χ3n) is 5.59. The van der Waals surface area contributed by atoms with Crippen LogP contribution in [0.1, 0.15) is 35.2 Å². The first-order valence-electron chi connectivity index (χ1n) is 9.00. The molecule has 2 N–H and O–H groups in total. The maximum Gasteiger partial charge on any atom is 0.237 e. The van der Waals surface area contributed by atoms with Crippen molar-refractivity contribution in [3.05, 3.63) is 70.8 Å². The Morgan fingerprint density at radius 3 is 2.60 bits per heavy atom. The van der Waals surface area contributed by atoms with E-state index in [-0.39, 0.29) is 18.0 Å². The number of amides is 1. The van der Waals surface area contributed by atoms with E-state index in [1.165, 1.54) is 11.1 Å². The number of rotatable bonds is 3. The van der Waals surface area contributed by atoms with Crippen LogP contribution in [0.15, 0.2) is 48.5 Å². The lowest BCUT2D eigenvalue weighted by atomic mass is 9.98. The van der Waals surface area contributed by atoms with Crippen LogP contribution in [0.4, 0.5) is 0 Å². The topological polar surface area (TPSA) is 52.6 Å². The van der Waals surface area contributed by atoms with E-state index in [9.17, 15) is 9.90 Å². The Hall–Kier alpha value is -2.17. The lowest BCUT2D eigenvalue weighted by Crippen LogP contribution is -2.48. The lowest BCUT2D eigenvalue weighted by molar-refractivity contribution is -0.127. The summed E-state index contributed by atoms with van der Waals surface area (Å²) in [6.07, 6.45) is 1.03. The molecule has 25 heavy (non-hydrogen) atoms. The predicted molar refractivity (Wildman–Crippen MR) is 97.1 cm³/mol. The van der Waals surface area contributed by atoms with Crippen LogP contribution in [0.2, 0.25) is 0 Å². The molecule has 0 bridgehead atoms. The number of nitrogens with zero attached hydrogens (tertiary/aromatic N) is 1. The van der Waals surface area contributed by atoms with Crippen molar-refractivity contribution in [2.45, 2.75) is 44.5 Å². The van der Waals surface area contributed by atoms with Crippen molar-refractivity contribution in [1.82, 2.24) is 10.2 Å². The van der Waals surface area contributed by atoms with Crippen LogP contribution in [-0.2, 0) is 24.2 Å². The first kappa shape index (κ1) is 16.3. The van der Waals surface area contributed by atoms with Gasteiger partial charge in [0.05, 0.1) is 18.2 Å². The summed E-state index contributed by atoms with van der Waals surface area (Å²) < 4.78 is 0. The molecule has 1 aliphatic carbocycles. The van der Waals surface area contributed by atoms with E-state index < -0.39 is 6.10 Å². The number of carbonyl (C=O) groups is 1. The van der Waals surface area contributed by atoms with E-state index in [1.54, 1.807) is 0 Å². The van der Waals surface area contributed by atoms with Gasteiger partial charge in [0.15, 0.2) is 0 Å². The fourth-order valence-corrected chi connectivity index (χ4v) is 4.04. The van der Waals surface area contributed by atoms with E-state index in [0.29, 0.717) is 6.42 Å². The normalized spacial score (nSPS) is 23.6. The van der Waals surface area contributed by atoms with Crippen LogP contribution in [0.5, 0.6) is 0 Å². The number of aliphatic hydroxyl groups excluding tert-OH is 1. The summed E-state index contributed by atoms with van der Waals surface area (Å²) in [6.45, 7) is 3.64. The third kappa shape index (κ3) is 3.08. The van der Waals surface area contributed by atoms with Crippen molar-refractivity contribution in [3.8, 4) is 0 Å². The molecule has 0 saturated carbocycles. The first-order chi connectivity index (χ1) is 12.1. The number of fused-ring (bicyclic) bond motifs is 2. The van der Waals surface area contributed by atoms with Gasteiger partial charge in [-0.2, -0.15) is 0 Å². The van der Waals surface area contributed by atoms with Crippen molar-refractivity contribution in [1.29, 1.82) is 0 Å². The highest BCUT2D eigenvalue weighted by Crippen LogP contribution is 2.31. The van der Waals surface area contributed by atoms with Crippen LogP contribution >= 0.6 is 0 Å². The van der Waals surface area contributed by atoms with Crippen molar-refractivity contribution >= 4 is 5.91 Å². The summed E-state index contributed by atoms with van der Waals surface area (Å²) in [5.74, 6) is -0.0138. The zero-order valence-electron chi connectivity index (χ0n) is 14.5. The number of carbonyl (C=O) groups excluding carboxylic acids is 1. The molecule has 0 saturated heterocycles. The van der Waals surface area contributed by atoms with Gasteiger partial charge in [0.1, 0.15) is 0 Å². The monoisotopic (exact) mass is 336 g/mol. The highest BCUT2D eigenvalue weighted by atomic mass is 16.3. The van der Waals surface area contributed by atoms with E-state index in [2.05, 4.69) is 34.5 Å². The molecule has 4 nitrogen and oxygen atoms in total. The number of hydrogen-bond acceptors (Lipinski definition) is 3. The minimum absolute atomic E-state index is 0.0138. The van der Waals surface area contributed by atoms with Gasteiger partial charge in [0.25, 0.3) is 0 Å². The highest BCUT2D eigenvalue weighted by molar-refractivity contribution is 5.82. The Bertz CT molecular complexity index is 789. The molecule has 2 aromatic rings. The Labute approximate surface area is 148 Å². The summed E-state index contributed by atoms with van der Waals surface area (Å²) in [4.78, 5) is 15.0. The van der Waals surface area contributed by atoms with Crippen LogP contribution in [-0.4, -0.2) is 34.6 Å². The molecule has 0 fully saturated rings. The smallest absolute Gasteiger partial charge is 0.237 e. The SMILES string of the molecule is CC(C(=O)NC1c2ccccc2CC1O)N1CCc2ccccc2C1. The van der Waals surface area contributed by atoms with Gasteiger partial charge < -0.3 is 10.4 Å². The van der Waals surface area contributed by atoms with Crippen molar-refractivity contribution < 1.29 is 9.90 Å². The molecule has 2 aromatic carbocycles. The molecule has 1 heterocycles. The zero-order valence-corrected chi connectivity index (χ0v) is 14.5. The van der Waals surface area contributed by atoms with E-state index in [0.717, 1.165) is 30.6 Å².